The SMILES string of the molecule is Nc1cc(=O)nc(N)n1Oc1ccccc1. The molecule has 0 amide bonds. The van der Waals surface area contributed by atoms with E-state index in [0.717, 1.165) is 10.8 Å². The summed E-state index contributed by atoms with van der Waals surface area (Å²) in [6, 6.07) is 10.1. The number of nitrogens with zero attached hydrogens (tertiary/aromatic N) is 2. The van der Waals surface area contributed by atoms with Gasteiger partial charge < -0.3 is 16.3 Å². The largest absolute Gasteiger partial charge is 0.382 e. The summed E-state index contributed by atoms with van der Waals surface area (Å²) in [4.78, 5) is 19.8. The second-order valence-corrected chi connectivity index (χ2v) is 3.08. The molecule has 1 heterocycles. The Bertz CT molecular complexity index is 524. The van der Waals surface area contributed by atoms with E-state index in [2.05, 4.69) is 4.98 Å². The van der Waals surface area contributed by atoms with Crippen LogP contribution in [0.5, 0.6) is 5.75 Å². The molecule has 0 spiro atoms. The Kier molecular flexibility index (Phi) is 2.47. The summed E-state index contributed by atoms with van der Waals surface area (Å²) < 4.78 is 1.09. The van der Waals surface area contributed by atoms with Crippen LogP contribution >= 0.6 is 0 Å². The molecule has 1 aromatic heterocycles. The lowest BCUT2D eigenvalue weighted by molar-refractivity contribution is 0.223. The Balaban J connectivity index is 2.39. The summed E-state index contributed by atoms with van der Waals surface area (Å²) in [5.74, 6) is 0.557. The molecule has 1 aromatic carbocycles. The topological polar surface area (TPSA) is 96.2 Å². The molecule has 0 fully saturated rings. The number of nitrogens with two attached hydrogens (primary N) is 2. The fraction of sp³-hybridized carbons (Fsp3) is 0. The Labute approximate surface area is 91.0 Å². The highest BCUT2D eigenvalue weighted by Crippen LogP contribution is 2.13. The average molecular weight is 218 g/mol. The van der Waals surface area contributed by atoms with E-state index in [4.69, 9.17) is 16.3 Å². The Morgan fingerprint density at radius 2 is 1.88 bits per heavy atom. The molecule has 0 saturated carbocycles. The lowest BCUT2D eigenvalue weighted by atomic mass is 10.3. The first-order chi connectivity index (χ1) is 7.66. The molecule has 0 radical (unpaired) electrons. The molecule has 4 N–H and O–H groups in total. The molecule has 0 bridgehead atoms. The molecule has 6 nitrogen and oxygen atoms in total. The number of rotatable bonds is 2. The highest BCUT2D eigenvalue weighted by Gasteiger charge is 2.05. The summed E-state index contributed by atoms with van der Waals surface area (Å²) in [5, 5.41) is 0. The van der Waals surface area contributed by atoms with Gasteiger partial charge in [0.25, 0.3) is 5.56 Å². The van der Waals surface area contributed by atoms with Crippen LogP contribution in [-0.4, -0.2) is 9.71 Å². The Morgan fingerprint density at radius 1 is 1.19 bits per heavy atom. The molecule has 0 unspecified atom stereocenters. The van der Waals surface area contributed by atoms with Crippen molar-refractivity contribution in [2.75, 3.05) is 11.5 Å². The molecular weight excluding hydrogens is 208 g/mol. The lowest BCUT2D eigenvalue weighted by Gasteiger charge is -2.12. The van der Waals surface area contributed by atoms with Gasteiger partial charge in [0.2, 0.25) is 5.95 Å². The van der Waals surface area contributed by atoms with Crippen molar-refractivity contribution in [1.29, 1.82) is 0 Å². The van der Waals surface area contributed by atoms with Crippen molar-refractivity contribution in [2.24, 2.45) is 0 Å². The van der Waals surface area contributed by atoms with Crippen molar-refractivity contribution in [3.8, 4) is 5.75 Å². The molecule has 0 aliphatic rings. The van der Waals surface area contributed by atoms with E-state index in [1.165, 1.54) is 0 Å². The van der Waals surface area contributed by atoms with Crippen LogP contribution in [0.4, 0.5) is 11.8 Å². The second kappa shape index (κ2) is 3.93. The zero-order valence-electron chi connectivity index (χ0n) is 8.33. The zero-order chi connectivity index (χ0) is 11.5. The number of para-hydroxylation sites is 1. The average Bonchev–Trinajstić information content (AvgIpc) is 2.25. The highest BCUT2D eigenvalue weighted by molar-refractivity contribution is 5.35. The standard InChI is InChI=1S/C10H10N4O2/c11-8-6-9(15)13-10(12)14(8)16-7-4-2-1-3-5-7/h1-6H,11H2,(H2,12,13,15). The van der Waals surface area contributed by atoms with E-state index in [1.54, 1.807) is 24.3 Å². The van der Waals surface area contributed by atoms with Crippen LogP contribution in [0, 0.1) is 0 Å². The fourth-order valence-electron chi connectivity index (χ4n) is 1.19. The number of benzene rings is 1. The smallest absolute Gasteiger partial charge is 0.276 e. The zero-order valence-corrected chi connectivity index (χ0v) is 8.33. The van der Waals surface area contributed by atoms with E-state index in [-0.39, 0.29) is 11.8 Å². The van der Waals surface area contributed by atoms with Gasteiger partial charge in [0, 0.05) is 6.07 Å². The lowest BCUT2D eigenvalue weighted by Crippen LogP contribution is -2.22. The highest BCUT2D eigenvalue weighted by atomic mass is 16.7. The van der Waals surface area contributed by atoms with E-state index in [1.807, 2.05) is 6.07 Å². The van der Waals surface area contributed by atoms with Gasteiger partial charge in [0.15, 0.2) is 5.75 Å². The van der Waals surface area contributed by atoms with Crippen molar-refractivity contribution in [3.05, 3.63) is 46.8 Å². The minimum atomic E-state index is -0.497. The predicted octanol–water partition coefficient (Wildman–Crippen LogP) is 0.250. The van der Waals surface area contributed by atoms with Crippen LogP contribution < -0.4 is 21.9 Å². The summed E-state index contributed by atoms with van der Waals surface area (Å²) in [5.41, 5.74) is 10.6. The maximum absolute atomic E-state index is 11.0. The van der Waals surface area contributed by atoms with Gasteiger partial charge in [-0.05, 0) is 12.1 Å². The normalized spacial score (nSPS) is 10.0. The van der Waals surface area contributed by atoms with Gasteiger partial charge in [-0.2, -0.15) is 4.98 Å². The van der Waals surface area contributed by atoms with Crippen LogP contribution in [0.3, 0.4) is 0 Å². The van der Waals surface area contributed by atoms with Crippen molar-refractivity contribution in [2.45, 2.75) is 0 Å². The van der Waals surface area contributed by atoms with E-state index in [9.17, 15) is 4.79 Å². The van der Waals surface area contributed by atoms with Gasteiger partial charge in [0.05, 0.1) is 0 Å². The van der Waals surface area contributed by atoms with Gasteiger partial charge in [0.1, 0.15) is 5.82 Å². The third-order valence-electron chi connectivity index (χ3n) is 1.88. The quantitative estimate of drug-likeness (QED) is 0.753. The van der Waals surface area contributed by atoms with Crippen LogP contribution in [0.25, 0.3) is 0 Å². The van der Waals surface area contributed by atoms with Gasteiger partial charge in [-0.1, -0.05) is 18.2 Å². The summed E-state index contributed by atoms with van der Waals surface area (Å²) in [6.45, 7) is 0. The van der Waals surface area contributed by atoms with Crippen molar-refractivity contribution in [1.82, 2.24) is 9.71 Å². The minimum Gasteiger partial charge on any atom is -0.382 e. The maximum Gasteiger partial charge on any atom is 0.276 e. The van der Waals surface area contributed by atoms with Gasteiger partial charge in [-0.15, -0.1) is 4.73 Å². The summed E-state index contributed by atoms with van der Waals surface area (Å²) in [6.07, 6.45) is 0. The Hall–Kier alpha value is -2.50. The number of nitrogen functional groups attached to an aromatic ring is 2. The van der Waals surface area contributed by atoms with Crippen LogP contribution in [0.1, 0.15) is 0 Å². The number of anilines is 2. The van der Waals surface area contributed by atoms with Crippen molar-refractivity contribution < 1.29 is 4.84 Å². The summed E-state index contributed by atoms with van der Waals surface area (Å²) in [7, 11) is 0. The summed E-state index contributed by atoms with van der Waals surface area (Å²) >= 11 is 0. The van der Waals surface area contributed by atoms with E-state index in [0.29, 0.717) is 5.75 Å². The minimum absolute atomic E-state index is 0.0890. The second-order valence-electron chi connectivity index (χ2n) is 3.08. The van der Waals surface area contributed by atoms with Crippen LogP contribution in [0.15, 0.2) is 41.2 Å². The molecule has 0 aliphatic carbocycles. The first-order valence-electron chi connectivity index (χ1n) is 4.55. The van der Waals surface area contributed by atoms with E-state index >= 15 is 0 Å². The first kappa shape index (κ1) is 10.0. The third-order valence-corrected chi connectivity index (χ3v) is 1.88. The van der Waals surface area contributed by atoms with Gasteiger partial charge >= 0.3 is 0 Å². The fourth-order valence-corrected chi connectivity index (χ4v) is 1.19. The number of hydrogen-bond acceptors (Lipinski definition) is 5. The van der Waals surface area contributed by atoms with Crippen molar-refractivity contribution >= 4 is 11.8 Å². The molecule has 82 valence electrons. The molecule has 2 rings (SSSR count). The Morgan fingerprint density at radius 3 is 2.50 bits per heavy atom. The van der Waals surface area contributed by atoms with E-state index < -0.39 is 5.56 Å². The van der Waals surface area contributed by atoms with Gasteiger partial charge in [-0.3, -0.25) is 4.79 Å². The van der Waals surface area contributed by atoms with Gasteiger partial charge in [-0.25, -0.2) is 0 Å². The van der Waals surface area contributed by atoms with Crippen molar-refractivity contribution in [3.63, 3.8) is 0 Å². The first-order valence-corrected chi connectivity index (χ1v) is 4.55. The molecular formula is C10H10N4O2. The van der Waals surface area contributed by atoms with Crippen LogP contribution in [0.2, 0.25) is 0 Å². The molecule has 0 aliphatic heterocycles. The number of hydrogen-bond donors (Lipinski definition) is 2. The maximum atomic E-state index is 11.0. The molecule has 16 heavy (non-hydrogen) atoms. The number of aromatic nitrogens is 2. The monoisotopic (exact) mass is 218 g/mol. The molecule has 0 atom stereocenters. The molecule has 6 heteroatoms. The predicted molar refractivity (Wildman–Crippen MR) is 59.8 cm³/mol. The molecule has 0 saturated heterocycles. The van der Waals surface area contributed by atoms with Crippen LogP contribution in [-0.2, 0) is 0 Å². The molecule has 2 aromatic rings. The third kappa shape index (κ3) is 1.95.